The van der Waals surface area contributed by atoms with Crippen molar-refractivity contribution in [2.45, 2.75) is 11.5 Å². The van der Waals surface area contributed by atoms with Gasteiger partial charge in [0.05, 0.1) is 33.9 Å². The third-order valence-electron chi connectivity index (χ3n) is 5.68. The second-order valence-corrected chi connectivity index (χ2v) is 7.09. The second kappa shape index (κ2) is 8.06. The average molecular weight is 405 g/mol. The average Bonchev–Trinajstić information content (AvgIpc) is 2.83. The Kier molecular flexibility index (Phi) is 5.31. The van der Waals surface area contributed by atoms with E-state index in [0.717, 1.165) is 16.9 Å². The van der Waals surface area contributed by atoms with Gasteiger partial charge in [-0.05, 0) is 47.5 Å². The number of ether oxygens (including phenoxy) is 4. The fourth-order valence-corrected chi connectivity index (χ4v) is 4.10. The smallest absolute Gasteiger partial charge is 0.166 e. The molecular weight excluding hydrogens is 382 g/mol. The van der Waals surface area contributed by atoms with Crippen molar-refractivity contribution in [3.8, 4) is 23.0 Å². The minimum absolute atomic E-state index is 0.287. The van der Waals surface area contributed by atoms with Crippen LogP contribution in [0.2, 0.25) is 0 Å². The molecule has 3 aromatic rings. The van der Waals surface area contributed by atoms with Crippen molar-refractivity contribution in [2.75, 3.05) is 27.9 Å². The second-order valence-electron chi connectivity index (χ2n) is 7.09. The Hall–Kier alpha value is -3.54. The van der Waals surface area contributed by atoms with E-state index in [0.29, 0.717) is 22.8 Å². The van der Waals surface area contributed by atoms with Gasteiger partial charge in [-0.15, -0.1) is 4.91 Å². The highest BCUT2D eigenvalue weighted by atomic mass is 16.5. The zero-order valence-corrected chi connectivity index (χ0v) is 17.1. The van der Waals surface area contributed by atoms with Crippen molar-refractivity contribution in [3.05, 3.63) is 88.3 Å². The van der Waals surface area contributed by atoms with Crippen LogP contribution in [0.4, 0.5) is 0 Å². The SMILES string of the molecule is COc1ccc(C2COc3cc(OC)ccc3C2(N=O)c2cccc(OC)c2)cc1. The minimum atomic E-state index is -1.19. The number of methoxy groups -OCH3 is 3. The molecule has 4 rings (SSSR count). The number of benzene rings is 3. The van der Waals surface area contributed by atoms with Gasteiger partial charge in [0.15, 0.2) is 5.54 Å². The third-order valence-corrected chi connectivity index (χ3v) is 5.68. The Labute approximate surface area is 175 Å². The van der Waals surface area contributed by atoms with Gasteiger partial charge in [0, 0.05) is 11.6 Å². The highest BCUT2D eigenvalue weighted by Crippen LogP contribution is 2.53. The van der Waals surface area contributed by atoms with Gasteiger partial charge >= 0.3 is 0 Å². The van der Waals surface area contributed by atoms with E-state index in [-0.39, 0.29) is 12.5 Å². The summed E-state index contributed by atoms with van der Waals surface area (Å²) < 4.78 is 22.1. The Morgan fingerprint density at radius 1 is 0.867 bits per heavy atom. The number of rotatable bonds is 6. The summed E-state index contributed by atoms with van der Waals surface area (Å²) in [5.74, 6) is 2.30. The molecule has 0 fully saturated rings. The number of hydrogen-bond acceptors (Lipinski definition) is 6. The molecule has 0 aliphatic carbocycles. The molecule has 0 saturated heterocycles. The molecule has 0 saturated carbocycles. The van der Waals surface area contributed by atoms with Crippen molar-refractivity contribution in [2.24, 2.45) is 5.18 Å². The molecule has 0 radical (unpaired) electrons. The van der Waals surface area contributed by atoms with Crippen LogP contribution in [0, 0.1) is 4.91 Å². The van der Waals surface area contributed by atoms with E-state index in [9.17, 15) is 4.91 Å². The monoisotopic (exact) mass is 405 g/mol. The maximum Gasteiger partial charge on any atom is 0.166 e. The molecule has 154 valence electrons. The summed E-state index contributed by atoms with van der Waals surface area (Å²) in [6, 6.07) is 20.6. The van der Waals surface area contributed by atoms with Gasteiger partial charge in [-0.2, -0.15) is 0 Å². The lowest BCUT2D eigenvalue weighted by Crippen LogP contribution is -2.40. The van der Waals surface area contributed by atoms with Crippen molar-refractivity contribution in [1.82, 2.24) is 0 Å². The molecule has 6 heteroatoms. The zero-order chi connectivity index (χ0) is 21.1. The number of fused-ring (bicyclic) bond motifs is 1. The molecule has 2 unspecified atom stereocenters. The summed E-state index contributed by atoms with van der Waals surface area (Å²) in [7, 11) is 4.82. The van der Waals surface area contributed by atoms with Gasteiger partial charge in [-0.25, -0.2) is 0 Å². The van der Waals surface area contributed by atoms with Crippen LogP contribution in [0.5, 0.6) is 23.0 Å². The molecule has 0 amide bonds. The highest BCUT2D eigenvalue weighted by molar-refractivity contribution is 5.55. The van der Waals surface area contributed by atoms with Crippen LogP contribution < -0.4 is 18.9 Å². The lowest BCUT2D eigenvalue weighted by molar-refractivity contribution is 0.203. The topological polar surface area (TPSA) is 66.3 Å². The first kappa shape index (κ1) is 19.8. The normalized spacial score (nSPS) is 19.9. The molecule has 0 aromatic heterocycles. The molecule has 2 atom stereocenters. The Bertz CT molecular complexity index is 1050. The van der Waals surface area contributed by atoms with Crippen LogP contribution in [-0.4, -0.2) is 27.9 Å². The van der Waals surface area contributed by atoms with Crippen molar-refractivity contribution in [3.63, 3.8) is 0 Å². The van der Waals surface area contributed by atoms with Crippen LogP contribution in [0.25, 0.3) is 0 Å². The minimum Gasteiger partial charge on any atom is -0.497 e. The van der Waals surface area contributed by atoms with Crippen LogP contribution in [0.3, 0.4) is 0 Å². The summed E-state index contributed by atoms with van der Waals surface area (Å²) in [5.41, 5.74) is 1.17. The number of nitroso groups, excluding NO2 is 1. The first-order valence-electron chi connectivity index (χ1n) is 9.60. The summed E-state index contributed by atoms with van der Waals surface area (Å²) in [6.45, 7) is 0.287. The van der Waals surface area contributed by atoms with Gasteiger partial charge in [-0.1, -0.05) is 29.4 Å². The van der Waals surface area contributed by atoms with E-state index in [1.165, 1.54) is 0 Å². The van der Waals surface area contributed by atoms with E-state index < -0.39 is 5.54 Å². The van der Waals surface area contributed by atoms with Crippen LogP contribution in [-0.2, 0) is 5.54 Å². The van der Waals surface area contributed by atoms with Gasteiger partial charge in [0.2, 0.25) is 0 Å². The first-order chi connectivity index (χ1) is 14.7. The molecule has 0 bridgehead atoms. The molecule has 1 heterocycles. The van der Waals surface area contributed by atoms with Crippen molar-refractivity contribution in [1.29, 1.82) is 0 Å². The molecule has 0 spiro atoms. The Morgan fingerprint density at radius 3 is 2.20 bits per heavy atom. The van der Waals surface area contributed by atoms with E-state index in [1.807, 2.05) is 60.7 Å². The Morgan fingerprint density at radius 2 is 1.53 bits per heavy atom. The van der Waals surface area contributed by atoms with Crippen LogP contribution >= 0.6 is 0 Å². The largest absolute Gasteiger partial charge is 0.497 e. The molecule has 3 aromatic carbocycles. The van der Waals surface area contributed by atoms with Crippen molar-refractivity contribution < 1.29 is 18.9 Å². The predicted octanol–water partition coefficient (Wildman–Crippen LogP) is 4.90. The fourth-order valence-electron chi connectivity index (χ4n) is 4.10. The van der Waals surface area contributed by atoms with Crippen LogP contribution in [0.1, 0.15) is 22.6 Å². The van der Waals surface area contributed by atoms with E-state index in [2.05, 4.69) is 5.18 Å². The molecular formula is C24H23NO5. The Balaban J connectivity index is 1.95. The maximum atomic E-state index is 12.7. The first-order valence-corrected chi connectivity index (χ1v) is 9.60. The summed E-state index contributed by atoms with van der Waals surface area (Å²) in [4.78, 5) is 12.7. The summed E-state index contributed by atoms with van der Waals surface area (Å²) >= 11 is 0. The molecule has 1 aliphatic rings. The van der Waals surface area contributed by atoms with E-state index in [4.69, 9.17) is 18.9 Å². The van der Waals surface area contributed by atoms with Crippen LogP contribution in [0.15, 0.2) is 71.9 Å². The third kappa shape index (κ3) is 3.14. The highest BCUT2D eigenvalue weighted by Gasteiger charge is 2.50. The maximum absolute atomic E-state index is 12.7. The molecule has 1 aliphatic heterocycles. The predicted molar refractivity (Wildman–Crippen MR) is 114 cm³/mol. The quantitative estimate of drug-likeness (QED) is 0.546. The summed E-state index contributed by atoms with van der Waals surface area (Å²) in [6.07, 6.45) is 0. The van der Waals surface area contributed by atoms with Gasteiger partial charge in [0.1, 0.15) is 23.0 Å². The lowest BCUT2D eigenvalue weighted by atomic mass is 9.69. The van der Waals surface area contributed by atoms with E-state index >= 15 is 0 Å². The fraction of sp³-hybridized carbons (Fsp3) is 0.250. The zero-order valence-electron chi connectivity index (χ0n) is 17.1. The molecule has 6 nitrogen and oxygen atoms in total. The standard InChI is InChI=1S/C24H23NO5/c1-27-18-9-7-16(8-10-18)22-15-30-23-14-20(29-3)11-12-21(23)24(22,25-26)17-5-4-6-19(13-17)28-2/h4-14,22H,15H2,1-3H3. The van der Waals surface area contributed by atoms with Crippen molar-refractivity contribution >= 4 is 0 Å². The van der Waals surface area contributed by atoms with Gasteiger partial charge in [-0.3, -0.25) is 0 Å². The summed E-state index contributed by atoms with van der Waals surface area (Å²) in [5, 5.41) is 3.76. The molecule has 0 N–H and O–H groups in total. The molecule has 30 heavy (non-hydrogen) atoms. The number of nitrogens with zero attached hydrogens (tertiary/aromatic N) is 1. The lowest BCUT2D eigenvalue weighted by Gasteiger charge is -2.40. The number of hydrogen-bond donors (Lipinski definition) is 0. The van der Waals surface area contributed by atoms with Gasteiger partial charge in [0.25, 0.3) is 0 Å². The van der Waals surface area contributed by atoms with Gasteiger partial charge < -0.3 is 18.9 Å². The van der Waals surface area contributed by atoms with E-state index in [1.54, 1.807) is 27.4 Å².